The van der Waals surface area contributed by atoms with Gasteiger partial charge in [-0.3, -0.25) is 4.79 Å². The van der Waals surface area contributed by atoms with Crippen LogP contribution in [-0.2, 0) is 0 Å². The third kappa shape index (κ3) is 3.64. The van der Waals surface area contributed by atoms with Crippen LogP contribution in [0, 0.1) is 0 Å². The minimum Gasteiger partial charge on any atom is -0.435 e. The minimum absolute atomic E-state index is 0.0431. The van der Waals surface area contributed by atoms with Gasteiger partial charge in [-0.05, 0) is 31.0 Å². The van der Waals surface area contributed by atoms with Gasteiger partial charge in [0, 0.05) is 18.7 Å². The number of likely N-dealkylation sites (tertiary alicyclic amines) is 1. The Morgan fingerprint density at radius 2 is 2.26 bits per heavy atom. The lowest BCUT2D eigenvalue weighted by atomic mass is 10.1. The first kappa shape index (κ1) is 13.7. The molecule has 1 atom stereocenters. The van der Waals surface area contributed by atoms with Crippen molar-refractivity contribution >= 4 is 5.91 Å². The van der Waals surface area contributed by atoms with E-state index in [-0.39, 0.29) is 23.8 Å². The van der Waals surface area contributed by atoms with Crippen molar-refractivity contribution in [1.82, 2.24) is 4.90 Å². The van der Waals surface area contributed by atoms with Crippen molar-refractivity contribution < 1.29 is 23.4 Å². The Bertz CT molecular complexity index is 453. The molecule has 0 spiro atoms. The molecule has 1 aliphatic rings. The van der Waals surface area contributed by atoms with Crippen LogP contribution in [-0.4, -0.2) is 41.7 Å². The summed E-state index contributed by atoms with van der Waals surface area (Å²) >= 11 is 0. The first-order valence-electron chi connectivity index (χ1n) is 6.08. The van der Waals surface area contributed by atoms with Gasteiger partial charge in [-0.2, -0.15) is 8.78 Å². The molecule has 0 radical (unpaired) electrons. The summed E-state index contributed by atoms with van der Waals surface area (Å²) in [5, 5.41) is 9.53. The second kappa shape index (κ2) is 5.97. The van der Waals surface area contributed by atoms with Crippen molar-refractivity contribution in [2.24, 2.45) is 0 Å². The Morgan fingerprint density at radius 3 is 2.95 bits per heavy atom. The lowest BCUT2D eigenvalue weighted by Crippen LogP contribution is -2.42. The van der Waals surface area contributed by atoms with Gasteiger partial charge >= 0.3 is 6.61 Å². The number of ether oxygens (including phenoxy) is 1. The number of amides is 1. The van der Waals surface area contributed by atoms with Gasteiger partial charge in [0.1, 0.15) is 5.75 Å². The third-order valence-corrected chi connectivity index (χ3v) is 2.99. The zero-order valence-electron chi connectivity index (χ0n) is 10.3. The predicted octanol–water partition coefficient (Wildman–Crippen LogP) is 1.88. The maximum Gasteiger partial charge on any atom is 0.387 e. The molecule has 1 heterocycles. The van der Waals surface area contributed by atoms with Crippen molar-refractivity contribution in [1.29, 1.82) is 0 Å². The van der Waals surface area contributed by atoms with Crippen LogP contribution in [0.1, 0.15) is 23.2 Å². The molecule has 0 aromatic heterocycles. The molecule has 1 aliphatic heterocycles. The standard InChI is InChI=1S/C13H15F2NO3/c14-13(15)19-11-5-1-3-9(7-11)12(18)16-6-2-4-10(17)8-16/h1,3,5,7,10,13,17H,2,4,6,8H2/t10-/m0/s1. The molecular weight excluding hydrogens is 256 g/mol. The molecule has 1 N–H and O–H groups in total. The molecule has 104 valence electrons. The van der Waals surface area contributed by atoms with Crippen LogP contribution in [0.25, 0.3) is 0 Å². The Balaban J connectivity index is 2.10. The van der Waals surface area contributed by atoms with E-state index in [4.69, 9.17) is 0 Å². The average molecular weight is 271 g/mol. The molecule has 0 saturated carbocycles. The molecule has 0 bridgehead atoms. The fourth-order valence-electron chi connectivity index (χ4n) is 2.13. The van der Waals surface area contributed by atoms with E-state index in [0.717, 1.165) is 6.42 Å². The molecule has 0 unspecified atom stereocenters. The van der Waals surface area contributed by atoms with Crippen LogP contribution in [0.2, 0.25) is 0 Å². The zero-order chi connectivity index (χ0) is 13.8. The van der Waals surface area contributed by atoms with Crippen LogP contribution in [0.15, 0.2) is 24.3 Å². The van der Waals surface area contributed by atoms with Gasteiger partial charge in [-0.1, -0.05) is 6.07 Å². The first-order chi connectivity index (χ1) is 9.06. The Morgan fingerprint density at radius 1 is 1.47 bits per heavy atom. The van der Waals surface area contributed by atoms with Crippen LogP contribution in [0.4, 0.5) is 8.78 Å². The number of nitrogens with zero attached hydrogens (tertiary/aromatic N) is 1. The SMILES string of the molecule is O=C(c1cccc(OC(F)F)c1)N1CCC[C@H](O)C1. The van der Waals surface area contributed by atoms with E-state index in [0.29, 0.717) is 13.0 Å². The van der Waals surface area contributed by atoms with Crippen molar-refractivity contribution in [2.45, 2.75) is 25.6 Å². The summed E-state index contributed by atoms with van der Waals surface area (Å²) in [4.78, 5) is 13.7. The van der Waals surface area contributed by atoms with E-state index < -0.39 is 12.7 Å². The van der Waals surface area contributed by atoms with Gasteiger partial charge < -0.3 is 14.7 Å². The van der Waals surface area contributed by atoms with E-state index in [1.807, 2.05) is 0 Å². The number of aliphatic hydroxyl groups excluding tert-OH is 1. The number of alkyl halides is 2. The average Bonchev–Trinajstić information content (AvgIpc) is 2.37. The highest BCUT2D eigenvalue weighted by atomic mass is 19.3. The molecule has 19 heavy (non-hydrogen) atoms. The molecule has 6 heteroatoms. The molecule has 1 amide bonds. The molecule has 0 aliphatic carbocycles. The number of hydrogen-bond donors (Lipinski definition) is 1. The van der Waals surface area contributed by atoms with Crippen molar-refractivity contribution in [2.75, 3.05) is 13.1 Å². The second-order valence-electron chi connectivity index (χ2n) is 4.45. The first-order valence-corrected chi connectivity index (χ1v) is 6.08. The highest BCUT2D eigenvalue weighted by molar-refractivity contribution is 5.94. The summed E-state index contributed by atoms with van der Waals surface area (Å²) in [5.74, 6) is -0.322. The highest BCUT2D eigenvalue weighted by Gasteiger charge is 2.23. The second-order valence-corrected chi connectivity index (χ2v) is 4.45. The monoisotopic (exact) mass is 271 g/mol. The largest absolute Gasteiger partial charge is 0.435 e. The number of carbonyl (C=O) groups is 1. The molecule has 1 saturated heterocycles. The number of aliphatic hydroxyl groups is 1. The van der Waals surface area contributed by atoms with Crippen LogP contribution >= 0.6 is 0 Å². The quantitative estimate of drug-likeness (QED) is 0.913. The zero-order valence-corrected chi connectivity index (χ0v) is 10.3. The van der Waals surface area contributed by atoms with Gasteiger partial charge in [-0.25, -0.2) is 0 Å². The summed E-state index contributed by atoms with van der Waals surface area (Å²) in [7, 11) is 0. The summed E-state index contributed by atoms with van der Waals surface area (Å²) in [6, 6.07) is 5.69. The summed E-state index contributed by atoms with van der Waals surface area (Å²) in [6.07, 6.45) is 0.900. The van der Waals surface area contributed by atoms with Crippen molar-refractivity contribution in [3.8, 4) is 5.75 Å². The number of hydrogen-bond acceptors (Lipinski definition) is 3. The number of carbonyl (C=O) groups excluding carboxylic acids is 1. The van der Waals surface area contributed by atoms with Crippen molar-refractivity contribution in [3.63, 3.8) is 0 Å². The van der Waals surface area contributed by atoms with Crippen molar-refractivity contribution in [3.05, 3.63) is 29.8 Å². The Labute approximate surface area is 109 Å². The smallest absolute Gasteiger partial charge is 0.387 e. The van der Waals surface area contributed by atoms with Gasteiger partial charge in [0.05, 0.1) is 6.10 Å². The highest BCUT2D eigenvalue weighted by Crippen LogP contribution is 2.19. The van der Waals surface area contributed by atoms with E-state index in [1.165, 1.54) is 23.1 Å². The van der Waals surface area contributed by atoms with E-state index in [1.54, 1.807) is 6.07 Å². The normalized spacial score (nSPS) is 19.6. The third-order valence-electron chi connectivity index (χ3n) is 2.99. The minimum atomic E-state index is -2.91. The lowest BCUT2D eigenvalue weighted by molar-refractivity contribution is -0.0499. The van der Waals surface area contributed by atoms with Gasteiger partial charge in [-0.15, -0.1) is 0 Å². The van der Waals surface area contributed by atoms with Crippen LogP contribution in [0.3, 0.4) is 0 Å². The molecule has 1 aromatic carbocycles. The topological polar surface area (TPSA) is 49.8 Å². The van der Waals surface area contributed by atoms with Crippen LogP contribution in [0.5, 0.6) is 5.75 Å². The lowest BCUT2D eigenvalue weighted by Gasteiger charge is -2.30. The van der Waals surface area contributed by atoms with E-state index >= 15 is 0 Å². The maximum absolute atomic E-state index is 12.2. The van der Waals surface area contributed by atoms with Gasteiger partial charge in [0.2, 0.25) is 0 Å². The molecule has 1 aromatic rings. The van der Waals surface area contributed by atoms with Crippen LogP contribution < -0.4 is 4.74 Å². The number of rotatable bonds is 3. The summed E-state index contributed by atoms with van der Waals surface area (Å²) in [5.41, 5.74) is 0.284. The molecule has 1 fully saturated rings. The number of halogens is 2. The number of β-amino-alcohol motifs (C(OH)–C–C–N with tert-alkyl or cyclic N) is 1. The number of piperidine rings is 1. The van der Waals surface area contributed by atoms with Gasteiger partial charge in [0.15, 0.2) is 0 Å². The number of benzene rings is 1. The Kier molecular flexibility index (Phi) is 4.31. The molecular formula is C13H15F2NO3. The maximum atomic E-state index is 12.2. The molecule has 4 nitrogen and oxygen atoms in total. The predicted molar refractivity (Wildman–Crippen MR) is 64.2 cm³/mol. The summed E-state index contributed by atoms with van der Waals surface area (Å²) < 4.78 is 28.5. The Hall–Kier alpha value is -1.69. The summed E-state index contributed by atoms with van der Waals surface area (Å²) in [6.45, 7) is -2.07. The molecule has 2 rings (SSSR count). The van der Waals surface area contributed by atoms with E-state index in [9.17, 15) is 18.7 Å². The fourth-order valence-corrected chi connectivity index (χ4v) is 2.13. The fraction of sp³-hybridized carbons (Fsp3) is 0.462. The van der Waals surface area contributed by atoms with E-state index in [2.05, 4.69) is 4.74 Å². The van der Waals surface area contributed by atoms with Gasteiger partial charge in [0.25, 0.3) is 5.91 Å².